The third-order valence-corrected chi connectivity index (χ3v) is 5.13. The number of nitrogens with one attached hydrogen (secondary N) is 1. The van der Waals surface area contributed by atoms with E-state index >= 15 is 0 Å². The molecule has 1 fully saturated rings. The predicted octanol–water partition coefficient (Wildman–Crippen LogP) is 1.00. The van der Waals surface area contributed by atoms with Crippen LogP contribution in [-0.2, 0) is 16.4 Å². The Kier molecular flexibility index (Phi) is 4.80. The summed E-state index contributed by atoms with van der Waals surface area (Å²) in [6.07, 6.45) is 0.684. The molecule has 1 aromatic heterocycles. The first-order valence-electron chi connectivity index (χ1n) is 5.84. The van der Waals surface area contributed by atoms with Gasteiger partial charge in [-0.1, -0.05) is 0 Å². The van der Waals surface area contributed by atoms with Crippen LogP contribution in [0.3, 0.4) is 0 Å². The van der Waals surface area contributed by atoms with Crippen LogP contribution in [0.4, 0.5) is 0 Å². The van der Waals surface area contributed by atoms with Crippen LogP contribution in [0.1, 0.15) is 29.4 Å². The highest BCUT2D eigenvalue weighted by Gasteiger charge is 2.31. The van der Waals surface area contributed by atoms with Gasteiger partial charge in [-0.25, -0.2) is 8.42 Å². The fraction of sp³-hybridized carbons (Fsp3) is 0.727. The van der Waals surface area contributed by atoms with Crippen LogP contribution in [0, 0.1) is 13.8 Å². The number of nitrogens with zero attached hydrogens (tertiary/aromatic N) is 2. The fourth-order valence-corrected chi connectivity index (χ4v) is 4.15. The first-order valence-corrected chi connectivity index (χ1v) is 7.66. The summed E-state index contributed by atoms with van der Waals surface area (Å²) < 4.78 is 24.9. The van der Waals surface area contributed by atoms with Crippen molar-refractivity contribution in [2.24, 2.45) is 0 Å². The largest absolute Gasteiger partial charge is 0.316 e. The Labute approximate surface area is 114 Å². The van der Waals surface area contributed by atoms with Crippen LogP contribution >= 0.6 is 12.4 Å². The monoisotopic (exact) mass is 293 g/mol. The zero-order valence-corrected chi connectivity index (χ0v) is 12.6. The highest BCUT2D eigenvalue weighted by atomic mass is 35.5. The van der Waals surface area contributed by atoms with Crippen molar-refractivity contribution in [2.75, 3.05) is 18.6 Å². The molecule has 1 N–H and O–H groups in total. The van der Waals surface area contributed by atoms with Gasteiger partial charge in [-0.3, -0.25) is 4.68 Å². The van der Waals surface area contributed by atoms with Crippen molar-refractivity contribution < 1.29 is 8.42 Å². The molecular formula is C11H20ClN3O2S. The molecule has 0 bridgehead atoms. The van der Waals surface area contributed by atoms with E-state index in [1.807, 2.05) is 25.6 Å². The lowest BCUT2D eigenvalue weighted by Crippen LogP contribution is -2.14. The van der Waals surface area contributed by atoms with E-state index in [4.69, 9.17) is 0 Å². The van der Waals surface area contributed by atoms with E-state index < -0.39 is 9.84 Å². The van der Waals surface area contributed by atoms with Crippen molar-refractivity contribution in [1.29, 1.82) is 0 Å². The van der Waals surface area contributed by atoms with E-state index in [9.17, 15) is 8.42 Å². The lowest BCUT2D eigenvalue weighted by atomic mass is 10.2. The highest BCUT2D eigenvalue weighted by Crippen LogP contribution is 2.26. The quantitative estimate of drug-likeness (QED) is 0.903. The van der Waals surface area contributed by atoms with Crippen molar-refractivity contribution in [2.45, 2.75) is 32.9 Å². The second-order valence-electron chi connectivity index (χ2n) is 4.68. The van der Waals surface area contributed by atoms with Crippen LogP contribution in [0.5, 0.6) is 0 Å². The van der Waals surface area contributed by atoms with Crippen LogP contribution in [0.2, 0.25) is 0 Å². The van der Waals surface area contributed by atoms with Gasteiger partial charge in [-0.05, 0) is 27.3 Å². The highest BCUT2D eigenvalue weighted by molar-refractivity contribution is 7.91. The summed E-state index contributed by atoms with van der Waals surface area (Å²) in [5, 5.41) is 7.60. The lowest BCUT2D eigenvalue weighted by molar-refractivity contribution is 0.485. The first kappa shape index (κ1) is 15.5. The van der Waals surface area contributed by atoms with Crippen molar-refractivity contribution in [3.63, 3.8) is 0 Å². The Morgan fingerprint density at radius 2 is 2.11 bits per heavy atom. The first-order chi connectivity index (χ1) is 7.94. The molecule has 5 nitrogen and oxygen atoms in total. The molecule has 0 aliphatic carbocycles. The Balaban J connectivity index is 0.00000162. The zero-order valence-electron chi connectivity index (χ0n) is 10.9. The summed E-state index contributed by atoms with van der Waals surface area (Å²) >= 11 is 0. The van der Waals surface area contributed by atoms with Gasteiger partial charge in [-0.15, -0.1) is 12.4 Å². The minimum atomic E-state index is -2.85. The topological polar surface area (TPSA) is 64.0 Å². The third kappa shape index (κ3) is 2.87. The number of hydrogen-bond donors (Lipinski definition) is 1. The molecule has 0 radical (unpaired) electrons. The van der Waals surface area contributed by atoms with E-state index in [2.05, 4.69) is 10.4 Å². The fourth-order valence-electron chi connectivity index (χ4n) is 2.45. The molecule has 1 atom stereocenters. The van der Waals surface area contributed by atoms with Crippen LogP contribution in [0.25, 0.3) is 0 Å². The summed E-state index contributed by atoms with van der Waals surface area (Å²) in [5.74, 6) is 0.519. The average Bonchev–Trinajstić information content (AvgIpc) is 2.73. The molecule has 2 rings (SSSR count). The SMILES string of the molecule is CNCc1c(C)nn(C2CCS(=O)(=O)C2)c1C.Cl. The number of aromatic nitrogens is 2. The van der Waals surface area contributed by atoms with E-state index in [1.54, 1.807) is 0 Å². The second-order valence-corrected chi connectivity index (χ2v) is 6.91. The summed E-state index contributed by atoms with van der Waals surface area (Å²) in [6.45, 7) is 4.76. The van der Waals surface area contributed by atoms with Gasteiger partial charge in [0.15, 0.2) is 9.84 Å². The number of sulfone groups is 1. The van der Waals surface area contributed by atoms with E-state index in [-0.39, 0.29) is 30.0 Å². The molecule has 1 aliphatic heterocycles. The molecule has 18 heavy (non-hydrogen) atoms. The van der Waals surface area contributed by atoms with Crippen LogP contribution in [-0.4, -0.2) is 36.8 Å². The maximum absolute atomic E-state index is 11.5. The summed E-state index contributed by atoms with van der Waals surface area (Å²) in [5.41, 5.74) is 3.25. The molecule has 0 aromatic carbocycles. The number of aryl methyl sites for hydroxylation is 1. The molecule has 0 spiro atoms. The van der Waals surface area contributed by atoms with Gasteiger partial charge >= 0.3 is 0 Å². The molecular weight excluding hydrogens is 274 g/mol. The zero-order chi connectivity index (χ0) is 12.6. The molecule has 1 aromatic rings. The van der Waals surface area contributed by atoms with Crippen molar-refractivity contribution in [1.82, 2.24) is 15.1 Å². The minimum absolute atomic E-state index is 0. The minimum Gasteiger partial charge on any atom is -0.316 e. The molecule has 0 amide bonds. The number of rotatable bonds is 3. The molecule has 0 saturated carbocycles. The van der Waals surface area contributed by atoms with Gasteiger partial charge in [0, 0.05) is 17.8 Å². The summed E-state index contributed by atoms with van der Waals surface area (Å²) in [6, 6.07) is 0.0179. The third-order valence-electron chi connectivity index (χ3n) is 3.38. The van der Waals surface area contributed by atoms with Crippen LogP contribution < -0.4 is 5.32 Å². The maximum atomic E-state index is 11.5. The molecule has 1 aliphatic rings. The molecule has 7 heteroatoms. The van der Waals surface area contributed by atoms with E-state index in [0.29, 0.717) is 6.42 Å². The Morgan fingerprint density at radius 3 is 2.61 bits per heavy atom. The van der Waals surface area contributed by atoms with Gasteiger partial charge in [0.2, 0.25) is 0 Å². The Bertz CT molecular complexity index is 525. The molecule has 104 valence electrons. The van der Waals surface area contributed by atoms with E-state index in [1.165, 1.54) is 5.56 Å². The van der Waals surface area contributed by atoms with Gasteiger partial charge in [-0.2, -0.15) is 5.10 Å². The van der Waals surface area contributed by atoms with E-state index in [0.717, 1.165) is 17.9 Å². The summed E-state index contributed by atoms with van der Waals surface area (Å²) in [4.78, 5) is 0. The second kappa shape index (κ2) is 5.59. The lowest BCUT2D eigenvalue weighted by Gasteiger charge is -2.11. The molecule has 1 unspecified atom stereocenters. The Morgan fingerprint density at radius 1 is 1.44 bits per heavy atom. The van der Waals surface area contributed by atoms with Crippen molar-refractivity contribution >= 4 is 22.2 Å². The number of halogens is 1. The van der Waals surface area contributed by atoms with Gasteiger partial charge < -0.3 is 5.32 Å². The number of hydrogen-bond acceptors (Lipinski definition) is 4. The van der Waals surface area contributed by atoms with Gasteiger partial charge in [0.1, 0.15) is 0 Å². The smallest absolute Gasteiger partial charge is 0.152 e. The van der Waals surface area contributed by atoms with Crippen molar-refractivity contribution in [3.05, 3.63) is 17.0 Å². The summed E-state index contributed by atoms with van der Waals surface area (Å²) in [7, 11) is -0.954. The average molecular weight is 294 g/mol. The normalized spacial score (nSPS) is 21.8. The van der Waals surface area contributed by atoms with Crippen molar-refractivity contribution in [3.8, 4) is 0 Å². The maximum Gasteiger partial charge on any atom is 0.152 e. The van der Waals surface area contributed by atoms with Gasteiger partial charge in [0.25, 0.3) is 0 Å². The van der Waals surface area contributed by atoms with Gasteiger partial charge in [0.05, 0.1) is 23.2 Å². The Hall–Kier alpha value is -0.590. The standard InChI is InChI=1S/C11H19N3O2S.ClH/c1-8-11(6-12-3)9(2)14(13-8)10-4-5-17(15,16)7-10;/h10,12H,4-7H2,1-3H3;1H. The molecule has 1 saturated heterocycles. The van der Waals surface area contributed by atoms with Crippen LogP contribution in [0.15, 0.2) is 0 Å². The predicted molar refractivity (Wildman–Crippen MR) is 74.0 cm³/mol. The molecule has 2 heterocycles.